The van der Waals surface area contributed by atoms with Crippen LogP contribution in [0, 0.1) is 0 Å². The van der Waals surface area contributed by atoms with Gasteiger partial charge in [0.15, 0.2) is 0 Å². The first-order valence-electron chi connectivity index (χ1n) is 7.45. The molecule has 0 aromatic carbocycles. The standard InChI is InChI=1S/C15H19N3O3S/c1-18(13(19)5-4-10-3-2-7-21-10)9-12-16-11-6-8-22-14(11)15(20)17-12/h6,8,10H,2-5,7,9H2,1H3,(H,16,17,20)/t10-/m1/s1. The highest BCUT2D eigenvalue weighted by Gasteiger charge is 2.18. The highest BCUT2D eigenvalue weighted by Crippen LogP contribution is 2.18. The molecule has 2 aromatic heterocycles. The van der Waals surface area contributed by atoms with Crippen molar-refractivity contribution in [1.82, 2.24) is 14.9 Å². The Morgan fingerprint density at radius 1 is 1.59 bits per heavy atom. The summed E-state index contributed by atoms with van der Waals surface area (Å²) in [7, 11) is 1.73. The molecule has 1 N–H and O–H groups in total. The first-order chi connectivity index (χ1) is 10.6. The predicted octanol–water partition coefficient (Wildman–Crippen LogP) is 1.90. The average Bonchev–Trinajstić information content (AvgIpc) is 3.15. The van der Waals surface area contributed by atoms with Crippen LogP contribution < -0.4 is 5.56 Å². The van der Waals surface area contributed by atoms with Crippen molar-refractivity contribution < 1.29 is 9.53 Å². The number of hydrogen-bond donors (Lipinski definition) is 1. The monoisotopic (exact) mass is 321 g/mol. The number of rotatable bonds is 5. The zero-order valence-electron chi connectivity index (χ0n) is 12.5. The van der Waals surface area contributed by atoms with Crippen molar-refractivity contribution in [1.29, 1.82) is 0 Å². The van der Waals surface area contributed by atoms with Gasteiger partial charge in [-0.05, 0) is 30.7 Å². The summed E-state index contributed by atoms with van der Waals surface area (Å²) >= 11 is 1.37. The minimum atomic E-state index is -0.143. The summed E-state index contributed by atoms with van der Waals surface area (Å²) < 4.78 is 6.15. The van der Waals surface area contributed by atoms with Gasteiger partial charge in [-0.15, -0.1) is 11.3 Å². The number of carbonyl (C=O) groups is 1. The van der Waals surface area contributed by atoms with Crippen LogP contribution >= 0.6 is 11.3 Å². The molecule has 1 saturated heterocycles. The average molecular weight is 321 g/mol. The zero-order valence-corrected chi connectivity index (χ0v) is 13.3. The molecule has 22 heavy (non-hydrogen) atoms. The number of fused-ring (bicyclic) bond motifs is 1. The lowest BCUT2D eigenvalue weighted by Gasteiger charge is -2.17. The van der Waals surface area contributed by atoms with E-state index in [1.165, 1.54) is 11.3 Å². The van der Waals surface area contributed by atoms with Crippen LogP contribution in [0.15, 0.2) is 16.2 Å². The molecule has 118 valence electrons. The number of thiophene rings is 1. The summed E-state index contributed by atoms with van der Waals surface area (Å²) in [6.45, 7) is 1.12. The van der Waals surface area contributed by atoms with Crippen LogP contribution in [0.2, 0.25) is 0 Å². The molecule has 3 rings (SSSR count). The van der Waals surface area contributed by atoms with Crippen molar-refractivity contribution in [3.05, 3.63) is 27.6 Å². The lowest BCUT2D eigenvalue weighted by Crippen LogP contribution is -2.28. The molecule has 0 spiro atoms. The summed E-state index contributed by atoms with van der Waals surface area (Å²) in [4.78, 5) is 32.8. The fourth-order valence-corrected chi connectivity index (χ4v) is 3.38. The van der Waals surface area contributed by atoms with Gasteiger partial charge in [-0.1, -0.05) is 0 Å². The molecule has 3 heterocycles. The van der Waals surface area contributed by atoms with E-state index in [1.807, 2.05) is 11.4 Å². The molecule has 0 unspecified atom stereocenters. The van der Waals surface area contributed by atoms with E-state index in [0.717, 1.165) is 25.9 Å². The maximum absolute atomic E-state index is 12.2. The van der Waals surface area contributed by atoms with Crippen molar-refractivity contribution in [2.45, 2.75) is 38.3 Å². The Bertz CT molecular complexity index is 718. The van der Waals surface area contributed by atoms with Gasteiger partial charge in [0.1, 0.15) is 10.5 Å². The smallest absolute Gasteiger partial charge is 0.268 e. The van der Waals surface area contributed by atoms with Gasteiger partial charge in [0.2, 0.25) is 5.91 Å². The van der Waals surface area contributed by atoms with E-state index >= 15 is 0 Å². The molecule has 2 aromatic rings. The summed E-state index contributed by atoms with van der Waals surface area (Å²) in [5.41, 5.74) is 0.541. The van der Waals surface area contributed by atoms with Crippen LogP contribution in [0.25, 0.3) is 10.2 Å². The van der Waals surface area contributed by atoms with Gasteiger partial charge in [-0.3, -0.25) is 9.59 Å². The Kier molecular flexibility index (Phi) is 4.54. The second-order valence-corrected chi connectivity index (χ2v) is 6.49. The van der Waals surface area contributed by atoms with Crippen molar-refractivity contribution in [2.75, 3.05) is 13.7 Å². The van der Waals surface area contributed by atoms with E-state index in [-0.39, 0.29) is 17.6 Å². The molecule has 1 atom stereocenters. The van der Waals surface area contributed by atoms with Gasteiger partial charge >= 0.3 is 0 Å². The number of carbonyl (C=O) groups excluding carboxylic acids is 1. The topological polar surface area (TPSA) is 75.3 Å². The Hall–Kier alpha value is -1.73. The molecule has 1 fully saturated rings. The van der Waals surface area contributed by atoms with Crippen LogP contribution in [0.5, 0.6) is 0 Å². The maximum atomic E-state index is 12.2. The zero-order chi connectivity index (χ0) is 15.5. The van der Waals surface area contributed by atoms with E-state index in [4.69, 9.17) is 4.74 Å². The number of aromatic nitrogens is 2. The quantitative estimate of drug-likeness (QED) is 0.912. The first-order valence-corrected chi connectivity index (χ1v) is 8.33. The van der Waals surface area contributed by atoms with Gasteiger partial charge in [0.05, 0.1) is 18.2 Å². The van der Waals surface area contributed by atoms with Crippen LogP contribution in [0.3, 0.4) is 0 Å². The summed E-state index contributed by atoms with van der Waals surface area (Å²) in [6.07, 6.45) is 3.57. The van der Waals surface area contributed by atoms with Gasteiger partial charge in [-0.25, -0.2) is 4.98 Å². The van der Waals surface area contributed by atoms with Gasteiger partial charge < -0.3 is 14.6 Å². The highest BCUT2D eigenvalue weighted by atomic mass is 32.1. The van der Waals surface area contributed by atoms with Gasteiger partial charge in [0, 0.05) is 20.1 Å². The molecule has 0 saturated carbocycles. The van der Waals surface area contributed by atoms with Crippen molar-refractivity contribution in [3.63, 3.8) is 0 Å². The fraction of sp³-hybridized carbons (Fsp3) is 0.533. The van der Waals surface area contributed by atoms with E-state index in [1.54, 1.807) is 11.9 Å². The Labute approximate surface area is 132 Å². The minimum absolute atomic E-state index is 0.0450. The summed E-state index contributed by atoms with van der Waals surface area (Å²) in [6, 6.07) is 1.82. The molecule has 0 aliphatic carbocycles. The molecule has 1 amide bonds. The SMILES string of the molecule is CN(Cc1nc2ccsc2c(=O)[nH]1)C(=O)CC[C@H]1CCCO1. The third-order valence-corrected chi connectivity index (χ3v) is 4.78. The first kappa shape index (κ1) is 15.2. The second-order valence-electron chi connectivity index (χ2n) is 5.57. The van der Waals surface area contributed by atoms with E-state index in [0.29, 0.717) is 29.0 Å². The molecule has 1 aliphatic rings. The molecule has 7 heteroatoms. The van der Waals surface area contributed by atoms with Crippen LogP contribution in [0.4, 0.5) is 0 Å². The number of H-pyrrole nitrogens is 1. The number of nitrogens with one attached hydrogen (secondary N) is 1. The summed E-state index contributed by atoms with van der Waals surface area (Å²) in [5, 5.41) is 1.84. The maximum Gasteiger partial charge on any atom is 0.268 e. The molecular weight excluding hydrogens is 302 g/mol. The molecule has 1 aliphatic heterocycles. The Balaban J connectivity index is 1.60. The van der Waals surface area contributed by atoms with E-state index in [2.05, 4.69) is 9.97 Å². The minimum Gasteiger partial charge on any atom is -0.378 e. The number of amides is 1. The highest BCUT2D eigenvalue weighted by molar-refractivity contribution is 7.17. The normalized spacial score (nSPS) is 18.0. The van der Waals surface area contributed by atoms with Crippen molar-refractivity contribution in [2.24, 2.45) is 0 Å². The van der Waals surface area contributed by atoms with Crippen LogP contribution in [-0.4, -0.2) is 40.5 Å². The largest absolute Gasteiger partial charge is 0.378 e. The third-order valence-electron chi connectivity index (χ3n) is 3.88. The summed E-state index contributed by atoms with van der Waals surface area (Å²) in [5.74, 6) is 0.562. The van der Waals surface area contributed by atoms with E-state index in [9.17, 15) is 9.59 Å². The molecule has 6 nitrogen and oxygen atoms in total. The Morgan fingerprint density at radius 2 is 2.45 bits per heavy atom. The molecule has 0 radical (unpaired) electrons. The van der Waals surface area contributed by atoms with Crippen LogP contribution in [-0.2, 0) is 16.1 Å². The number of hydrogen-bond acceptors (Lipinski definition) is 5. The molecular formula is C15H19N3O3S. The van der Waals surface area contributed by atoms with Crippen LogP contribution in [0.1, 0.15) is 31.5 Å². The number of aromatic amines is 1. The second kappa shape index (κ2) is 6.58. The van der Waals surface area contributed by atoms with Crippen molar-refractivity contribution in [3.8, 4) is 0 Å². The molecule has 0 bridgehead atoms. The number of nitrogens with zero attached hydrogens (tertiary/aromatic N) is 2. The fourth-order valence-electron chi connectivity index (χ4n) is 2.66. The van der Waals surface area contributed by atoms with Crippen molar-refractivity contribution >= 4 is 27.5 Å². The lowest BCUT2D eigenvalue weighted by atomic mass is 10.1. The predicted molar refractivity (Wildman–Crippen MR) is 84.9 cm³/mol. The van der Waals surface area contributed by atoms with E-state index < -0.39 is 0 Å². The third kappa shape index (κ3) is 3.36. The number of ether oxygens (including phenoxy) is 1. The van der Waals surface area contributed by atoms with Gasteiger partial charge in [0.25, 0.3) is 5.56 Å². The lowest BCUT2D eigenvalue weighted by molar-refractivity contribution is -0.131. The Morgan fingerprint density at radius 3 is 3.23 bits per heavy atom. The van der Waals surface area contributed by atoms with Gasteiger partial charge in [-0.2, -0.15) is 0 Å².